The number of nitrogens with zero attached hydrogens (tertiary/aromatic N) is 5. The van der Waals surface area contributed by atoms with Crippen LogP contribution in [0.15, 0.2) is 35.7 Å². The topological polar surface area (TPSA) is 106 Å². The zero-order valence-electron chi connectivity index (χ0n) is 17.7. The molecule has 3 aromatic heterocycles. The lowest BCUT2D eigenvalue weighted by atomic mass is 10.1. The molecule has 1 amide bonds. The van der Waals surface area contributed by atoms with Crippen molar-refractivity contribution in [1.82, 2.24) is 24.9 Å². The van der Waals surface area contributed by atoms with E-state index < -0.39 is 30.2 Å². The molecule has 1 aliphatic heterocycles. The van der Waals surface area contributed by atoms with Gasteiger partial charge in [-0.1, -0.05) is 0 Å². The van der Waals surface area contributed by atoms with Gasteiger partial charge in [-0.25, -0.2) is 18.9 Å². The van der Waals surface area contributed by atoms with Crippen molar-refractivity contribution in [3.05, 3.63) is 47.7 Å². The molecule has 174 valence electrons. The van der Waals surface area contributed by atoms with Gasteiger partial charge < -0.3 is 15.4 Å². The van der Waals surface area contributed by atoms with E-state index in [-0.39, 0.29) is 17.4 Å². The first-order valence-corrected chi connectivity index (χ1v) is 9.80. The van der Waals surface area contributed by atoms with Crippen LogP contribution in [0.2, 0.25) is 0 Å². The van der Waals surface area contributed by atoms with E-state index in [1.165, 1.54) is 10.7 Å². The molecule has 9 nitrogen and oxygen atoms in total. The Morgan fingerprint density at radius 2 is 2.06 bits per heavy atom. The molecule has 0 aromatic carbocycles. The number of hydrogen-bond acceptors (Lipinski definition) is 7. The second-order valence-electron chi connectivity index (χ2n) is 7.93. The van der Waals surface area contributed by atoms with E-state index in [2.05, 4.69) is 30.7 Å². The highest BCUT2D eigenvalue weighted by molar-refractivity contribution is 6.17. The maximum Gasteiger partial charge on any atom is 0.422 e. The number of hydrogen-bond donors (Lipinski definition) is 2. The number of pyridine rings is 1. The third-order valence-electron chi connectivity index (χ3n) is 4.85. The van der Waals surface area contributed by atoms with Gasteiger partial charge >= 0.3 is 6.18 Å². The van der Waals surface area contributed by atoms with Crippen molar-refractivity contribution in [3.8, 4) is 5.88 Å². The fourth-order valence-corrected chi connectivity index (χ4v) is 3.19. The van der Waals surface area contributed by atoms with Crippen molar-refractivity contribution in [1.29, 1.82) is 0 Å². The predicted molar refractivity (Wildman–Crippen MR) is 110 cm³/mol. The molecule has 0 saturated heterocycles. The first kappa shape index (κ1) is 22.4. The highest BCUT2D eigenvalue weighted by atomic mass is 19.4. The van der Waals surface area contributed by atoms with E-state index in [0.717, 1.165) is 12.3 Å². The molecule has 0 unspecified atom stereocenters. The standard InChI is InChI=1S/C20H19F4N7O2/c1-10(12-6-11(21)7-25-17(12)33-9-20(22,23)24)27-14-4-5-31-16(28-14)13(8-26-31)15-29-18(32)19(2,3)30-15/h4-8,10H,9H2,1-3H3,(H,27,28)(H,29,30,32)/t10-/m1/s1. The molecule has 0 radical (unpaired) electrons. The number of rotatable bonds is 6. The third kappa shape index (κ3) is 4.71. The maximum absolute atomic E-state index is 13.8. The Kier molecular flexibility index (Phi) is 5.42. The number of halogens is 4. The monoisotopic (exact) mass is 465 g/mol. The molecular formula is C20H19F4N7O2. The number of anilines is 1. The van der Waals surface area contributed by atoms with Crippen LogP contribution in [0, 0.1) is 5.82 Å². The molecule has 0 saturated carbocycles. The minimum absolute atomic E-state index is 0.0869. The van der Waals surface area contributed by atoms with Gasteiger partial charge in [-0.15, -0.1) is 0 Å². The van der Waals surface area contributed by atoms with Gasteiger partial charge in [0.2, 0.25) is 5.88 Å². The highest BCUT2D eigenvalue weighted by Gasteiger charge is 2.35. The lowest BCUT2D eigenvalue weighted by Gasteiger charge is -2.18. The summed E-state index contributed by atoms with van der Waals surface area (Å²) in [6, 6.07) is 1.92. The number of amidine groups is 1. The van der Waals surface area contributed by atoms with Gasteiger partial charge in [-0.05, 0) is 32.9 Å². The third-order valence-corrected chi connectivity index (χ3v) is 4.85. The van der Waals surface area contributed by atoms with Crippen molar-refractivity contribution in [3.63, 3.8) is 0 Å². The van der Waals surface area contributed by atoms with Crippen molar-refractivity contribution >= 4 is 23.2 Å². The predicted octanol–water partition coefficient (Wildman–Crippen LogP) is 3.03. The first-order chi connectivity index (χ1) is 15.4. The van der Waals surface area contributed by atoms with E-state index in [9.17, 15) is 22.4 Å². The molecule has 0 bridgehead atoms. The quantitative estimate of drug-likeness (QED) is 0.542. The van der Waals surface area contributed by atoms with Gasteiger partial charge in [-0.2, -0.15) is 18.3 Å². The number of aliphatic imine (C=N–C) groups is 1. The van der Waals surface area contributed by atoms with Gasteiger partial charge in [0, 0.05) is 11.8 Å². The normalized spacial score (nSPS) is 16.5. The summed E-state index contributed by atoms with van der Waals surface area (Å²) in [6.45, 7) is 3.39. The van der Waals surface area contributed by atoms with Gasteiger partial charge in [-0.3, -0.25) is 9.79 Å². The molecular weight excluding hydrogens is 446 g/mol. The lowest BCUT2D eigenvalue weighted by molar-refractivity contribution is -0.154. The Bertz CT molecular complexity index is 1250. The fraction of sp³-hybridized carbons (Fsp3) is 0.350. The number of amides is 1. The Morgan fingerprint density at radius 1 is 1.30 bits per heavy atom. The van der Waals surface area contributed by atoms with Crippen LogP contribution in [0.25, 0.3) is 5.65 Å². The van der Waals surface area contributed by atoms with E-state index in [0.29, 0.717) is 22.9 Å². The van der Waals surface area contributed by atoms with Crippen molar-refractivity contribution in [2.24, 2.45) is 4.99 Å². The molecule has 0 spiro atoms. The average molecular weight is 465 g/mol. The zero-order valence-corrected chi connectivity index (χ0v) is 17.7. The van der Waals surface area contributed by atoms with Crippen molar-refractivity contribution in [2.75, 3.05) is 11.9 Å². The van der Waals surface area contributed by atoms with Crippen LogP contribution in [0.4, 0.5) is 23.4 Å². The van der Waals surface area contributed by atoms with E-state index in [1.807, 2.05) is 0 Å². The Hall–Kier alpha value is -3.77. The van der Waals surface area contributed by atoms with Crippen molar-refractivity contribution in [2.45, 2.75) is 38.5 Å². The second-order valence-corrected chi connectivity index (χ2v) is 7.93. The summed E-state index contributed by atoms with van der Waals surface area (Å²) in [5.74, 6) is -0.672. The van der Waals surface area contributed by atoms with Crippen molar-refractivity contribution < 1.29 is 27.1 Å². The van der Waals surface area contributed by atoms with Crippen LogP contribution >= 0.6 is 0 Å². The second kappa shape index (κ2) is 7.98. The summed E-state index contributed by atoms with van der Waals surface area (Å²) < 4.78 is 57.7. The van der Waals surface area contributed by atoms with Gasteiger partial charge in [0.05, 0.1) is 24.0 Å². The molecule has 4 rings (SSSR count). The van der Waals surface area contributed by atoms with Crippen LogP contribution in [-0.4, -0.2) is 49.6 Å². The van der Waals surface area contributed by atoms with E-state index in [1.54, 1.807) is 33.0 Å². The van der Waals surface area contributed by atoms with E-state index >= 15 is 0 Å². The van der Waals surface area contributed by atoms with Gasteiger partial charge in [0.15, 0.2) is 12.3 Å². The average Bonchev–Trinajstić information content (AvgIpc) is 3.26. The molecule has 33 heavy (non-hydrogen) atoms. The lowest BCUT2D eigenvalue weighted by Crippen LogP contribution is -2.34. The molecule has 2 N–H and O–H groups in total. The largest absolute Gasteiger partial charge is 0.468 e. The zero-order chi connectivity index (χ0) is 24.0. The molecule has 1 aliphatic rings. The van der Waals surface area contributed by atoms with Crippen LogP contribution in [0.1, 0.15) is 37.9 Å². The molecule has 4 heterocycles. The molecule has 0 fully saturated rings. The summed E-state index contributed by atoms with van der Waals surface area (Å²) in [6.07, 6.45) is -0.672. The maximum atomic E-state index is 13.8. The molecule has 0 aliphatic carbocycles. The van der Waals surface area contributed by atoms with Gasteiger partial charge in [0.1, 0.15) is 23.0 Å². The number of fused-ring (bicyclic) bond motifs is 1. The number of nitrogens with one attached hydrogen (secondary N) is 2. The number of alkyl halides is 3. The number of carbonyl (C=O) groups excluding carboxylic acids is 1. The SMILES string of the molecule is C[C@@H](Nc1ccn2ncc(C3=NC(C)(C)C(=O)N3)c2n1)c1cc(F)cnc1OCC(F)(F)F. The van der Waals surface area contributed by atoms with Crippen LogP contribution < -0.4 is 15.4 Å². The van der Waals surface area contributed by atoms with E-state index in [4.69, 9.17) is 4.74 Å². The van der Waals surface area contributed by atoms with Crippen LogP contribution in [0.3, 0.4) is 0 Å². The first-order valence-electron chi connectivity index (χ1n) is 9.80. The Morgan fingerprint density at radius 3 is 2.73 bits per heavy atom. The summed E-state index contributed by atoms with van der Waals surface area (Å²) in [5, 5.41) is 9.90. The Labute approximate surface area is 184 Å². The molecule has 13 heteroatoms. The summed E-state index contributed by atoms with van der Waals surface area (Å²) in [5.41, 5.74) is 0.0380. The highest BCUT2D eigenvalue weighted by Crippen LogP contribution is 2.28. The molecule has 3 aromatic rings. The number of ether oxygens (including phenoxy) is 1. The minimum atomic E-state index is -4.57. The number of aromatic nitrogens is 4. The smallest absolute Gasteiger partial charge is 0.422 e. The number of carbonyl (C=O) groups is 1. The van der Waals surface area contributed by atoms with Crippen LogP contribution in [-0.2, 0) is 4.79 Å². The minimum Gasteiger partial charge on any atom is -0.468 e. The molecule has 1 atom stereocenters. The Balaban J connectivity index is 1.61. The summed E-state index contributed by atoms with van der Waals surface area (Å²) >= 11 is 0. The van der Waals surface area contributed by atoms with Crippen LogP contribution in [0.5, 0.6) is 5.88 Å². The summed E-state index contributed by atoms with van der Waals surface area (Å²) in [4.78, 5) is 24.6. The van der Waals surface area contributed by atoms with Gasteiger partial charge in [0.25, 0.3) is 5.91 Å². The fourth-order valence-electron chi connectivity index (χ4n) is 3.19. The summed E-state index contributed by atoms with van der Waals surface area (Å²) in [7, 11) is 0.